The van der Waals surface area contributed by atoms with E-state index in [2.05, 4.69) is 15.5 Å². The average Bonchev–Trinajstić information content (AvgIpc) is 3.19. The number of hydrogen-bond donors (Lipinski definition) is 2. The van der Waals surface area contributed by atoms with Gasteiger partial charge in [-0.2, -0.15) is 5.10 Å². The normalized spacial score (nSPS) is 26.5. The molecule has 2 bridgehead atoms. The van der Waals surface area contributed by atoms with Crippen LogP contribution in [0.25, 0.3) is 10.9 Å². The van der Waals surface area contributed by atoms with Gasteiger partial charge >= 0.3 is 0 Å². The number of rotatable bonds is 2. The molecule has 2 N–H and O–H groups in total. The summed E-state index contributed by atoms with van der Waals surface area (Å²) in [6.45, 7) is 0. The van der Waals surface area contributed by atoms with Gasteiger partial charge in [-0.1, -0.05) is 18.2 Å². The summed E-state index contributed by atoms with van der Waals surface area (Å²) in [7, 11) is 0. The van der Waals surface area contributed by atoms with Gasteiger partial charge in [0.25, 0.3) is 5.91 Å². The third-order valence-corrected chi connectivity index (χ3v) is 4.65. The Morgan fingerprint density at radius 3 is 3.00 bits per heavy atom. The SMILES string of the molecule is O=C(N/N=C1\C[C@@H]2CC[C@@H]1C2)c1c[nH]c2ccccc12. The molecule has 2 aliphatic carbocycles. The first-order valence-electron chi connectivity index (χ1n) is 7.24. The molecule has 102 valence electrons. The summed E-state index contributed by atoms with van der Waals surface area (Å²) in [6.07, 6.45) is 6.66. The van der Waals surface area contributed by atoms with Crippen molar-refractivity contribution < 1.29 is 4.79 Å². The van der Waals surface area contributed by atoms with Crippen molar-refractivity contribution in [2.75, 3.05) is 0 Å². The van der Waals surface area contributed by atoms with Gasteiger partial charge in [-0.15, -0.1) is 0 Å². The van der Waals surface area contributed by atoms with Crippen LogP contribution in [0.1, 0.15) is 36.0 Å². The Kier molecular flexibility index (Phi) is 2.62. The lowest BCUT2D eigenvalue weighted by Gasteiger charge is -2.11. The first-order chi connectivity index (χ1) is 9.81. The number of carbonyl (C=O) groups is 1. The molecule has 0 aliphatic heterocycles. The average molecular weight is 267 g/mol. The molecule has 4 rings (SSSR count). The standard InChI is InChI=1S/C16H17N3O/c20-16(13-9-17-14-4-2-1-3-12(13)14)19-18-15-8-10-5-6-11(15)7-10/h1-4,9-11,17H,5-8H2,(H,19,20)/b18-15+/t10-,11-/m1/s1. The molecule has 0 unspecified atom stereocenters. The number of benzene rings is 1. The van der Waals surface area contributed by atoms with Crippen molar-refractivity contribution in [1.29, 1.82) is 0 Å². The molecule has 4 heteroatoms. The lowest BCUT2D eigenvalue weighted by molar-refractivity contribution is 0.0956. The Hall–Kier alpha value is -2.10. The second-order valence-electron chi connectivity index (χ2n) is 5.87. The van der Waals surface area contributed by atoms with Crippen molar-refractivity contribution in [3.8, 4) is 0 Å². The molecule has 2 aromatic rings. The lowest BCUT2D eigenvalue weighted by Crippen LogP contribution is -2.21. The Bertz CT molecular complexity index is 701. The number of amides is 1. The highest BCUT2D eigenvalue weighted by Crippen LogP contribution is 2.42. The fraction of sp³-hybridized carbons (Fsp3) is 0.375. The number of hydrogen-bond acceptors (Lipinski definition) is 2. The molecule has 0 radical (unpaired) electrons. The molecular formula is C16H17N3O. The Morgan fingerprint density at radius 2 is 2.20 bits per heavy atom. The summed E-state index contributed by atoms with van der Waals surface area (Å²) in [5.41, 5.74) is 5.56. The van der Waals surface area contributed by atoms with E-state index in [1.807, 2.05) is 24.3 Å². The van der Waals surface area contributed by atoms with Crippen LogP contribution in [-0.2, 0) is 0 Å². The first-order valence-corrected chi connectivity index (χ1v) is 7.24. The largest absolute Gasteiger partial charge is 0.360 e. The molecule has 4 nitrogen and oxygen atoms in total. The van der Waals surface area contributed by atoms with E-state index in [9.17, 15) is 4.79 Å². The third-order valence-electron chi connectivity index (χ3n) is 4.65. The van der Waals surface area contributed by atoms with Crippen LogP contribution in [0, 0.1) is 11.8 Å². The van der Waals surface area contributed by atoms with Crippen molar-refractivity contribution in [2.45, 2.75) is 25.7 Å². The number of para-hydroxylation sites is 1. The zero-order chi connectivity index (χ0) is 13.5. The summed E-state index contributed by atoms with van der Waals surface area (Å²) in [5, 5.41) is 5.31. The van der Waals surface area contributed by atoms with Crippen molar-refractivity contribution in [3.63, 3.8) is 0 Å². The van der Waals surface area contributed by atoms with Gasteiger partial charge in [0, 0.05) is 22.8 Å². The van der Waals surface area contributed by atoms with Gasteiger partial charge in [0.2, 0.25) is 0 Å². The summed E-state index contributed by atoms with van der Waals surface area (Å²) >= 11 is 0. The van der Waals surface area contributed by atoms with Crippen LogP contribution in [0.2, 0.25) is 0 Å². The summed E-state index contributed by atoms with van der Waals surface area (Å²) in [6, 6.07) is 7.81. The van der Waals surface area contributed by atoms with E-state index in [-0.39, 0.29) is 5.91 Å². The molecule has 2 atom stereocenters. The minimum Gasteiger partial charge on any atom is -0.360 e. The quantitative estimate of drug-likeness (QED) is 0.807. The minimum absolute atomic E-state index is 0.127. The topological polar surface area (TPSA) is 57.2 Å². The van der Waals surface area contributed by atoms with Crippen molar-refractivity contribution in [3.05, 3.63) is 36.0 Å². The monoisotopic (exact) mass is 267 g/mol. The molecule has 1 aromatic carbocycles. The highest BCUT2D eigenvalue weighted by atomic mass is 16.2. The zero-order valence-corrected chi connectivity index (χ0v) is 11.2. The van der Waals surface area contributed by atoms with Crippen molar-refractivity contribution in [2.24, 2.45) is 16.9 Å². The molecule has 1 heterocycles. The van der Waals surface area contributed by atoms with E-state index in [1.165, 1.54) is 25.0 Å². The molecule has 2 aliphatic rings. The molecule has 20 heavy (non-hydrogen) atoms. The number of fused-ring (bicyclic) bond motifs is 3. The highest BCUT2D eigenvalue weighted by Gasteiger charge is 2.36. The van der Waals surface area contributed by atoms with E-state index in [1.54, 1.807) is 6.20 Å². The van der Waals surface area contributed by atoms with E-state index in [0.717, 1.165) is 23.2 Å². The van der Waals surface area contributed by atoms with Crippen LogP contribution >= 0.6 is 0 Å². The Balaban J connectivity index is 1.55. The second kappa shape index (κ2) is 4.47. The molecule has 1 aromatic heterocycles. The maximum absolute atomic E-state index is 12.2. The smallest absolute Gasteiger partial charge is 0.273 e. The predicted octanol–water partition coefficient (Wildman–Crippen LogP) is 3.07. The number of hydrazone groups is 1. The molecular weight excluding hydrogens is 250 g/mol. The maximum Gasteiger partial charge on any atom is 0.273 e. The number of H-pyrrole nitrogens is 1. The highest BCUT2D eigenvalue weighted by molar-refractivity contribution is 6.07. The lowest BCUT2D eigenvalue weighted by atomic mass is 9.99. The van der Waals surface area contributed by atoms with Crippen LogP contribution in [0.4, 0.5) is 0 Å². The predicted molar refractivity (Wildman–Crippen MR) is 78.6 cm³/mol. The fourth-order valence-electron chi connectivity index (χ4n) is 3.60. The fourth-order valence-corrected chi connectivity index (χ4v) is 3.60. The van der Waals surface area contributed by atoms with E-state index in [0.29, 0.717) is 11.5 Å². The number of nitrogens with zero attached hydrogens (tertiary/aromatic N) is 1. The molecule has 2 saturated carbocycles. The summed E-state index contributed by atoms with van der Waals surface area (Å²) in [5.74, 6) is 1.30. The number of aromatic nitrogens is 1. The van der Waals surface area contributed by atoms with Gasteiger partial charge in [0.15, 0.2) is 0 Å². The van der Waals surface area contributed by atoms with Crippen LogP contribution in [0.15, 0.2) is 35.6 Å². The van der Waals surface area contributed by atoms with Crippen LogP contribution < -0.4 is 5.43 Å². The van der Waals surface area contributed by atoms with Crippen LogP contribution in [-0.4, -0.2) is 16.6 Å². The summed E-state index contributed by atoms with van der Waals surface area (Å²) < 4.78 is 0. The zero-order valence-electron chi connectivity index (χ0n) is 11.2. The van der Waals surface area contributed by atoms with Gasteiger partial charge in [-0.3, -0.25) is 4.79 Å². The number of aromatic amines is 1. The number of carbonyl (C=O) groups excluding carboxylic acids is 1. The van der Waals surface area contributed by atoms with E-state index < -0.39 is 0 Å². The molecule has 2 fully saturated rings. The van der Waals surface area contributed by atoms with Gasteiger partial charge in [0.1, 0.15) is 0 Å². The van der Waals surface area contributed by atoms with Gasteiger partial charge < -0.3 is 4.98 Å². The van der Waals surface area contributed by atoms with Gasteiger partial charge in [-0.05, 0) is 43.6 Å². The van der Waals surface area contributed by atoms with E-state index >= 15 is 0 Å². The molecule has 0 saturated heterocycles. The van der Waals surface area contributed by atoms with E-state index in [4.69, 9.17) is 0 Å². The first kappa shape index (κ1) is 11.7. The van der Waals surface area contributed by atoms with Crippen LogP contribution in [0.3, 0.4) is 0 Å². The Morgan fingerprint density at radius 1 is 1.30 bits per heavy atom. The molecule has 1 amide bonds. The van der Waals surface area contributed by atoms with Crippen molar-refractivity contribution in [1.82, 2.24) is 10.4 Å². The summed E-state index contributed by atoms with van der Waals surface area (Å²) in [4.78, 5) is 15.4. The van der Waals surface area contributed by atoms with Crippen LogP contribution in [0.5, 0.6) is 0 Å². The maximum atomic E-state index is 12.2. The number of nitrogens with one attached hydrogen (secondary N) is 2. The van der Waals surface area contributed by atoms with Gasteiger partial charge in [-0.25, -0.2) is 5.43 Å². The van der Waals surface area contributed by atoms with Crippen molar-refractivity contribution >= 4 is 22.5 Å². The Labute approximate surface area is 117 Å². The third kappa shape index (κ3) is 1.83. The van der Waals surface area contributed by atoms with Gasteiger partial charge in [0.05, 0.1) is 5.56 Å². The molecule has 0 spiro atoms. The minimum atomic E-state index is -0.127. The second-order valence-corrected chi connectivity index (χ2v) is 5.87.